The number of nitrogens with zero attached hydrogens (tertiary/aromatic N) is 3. The lowest BCUT2D eigenvalue weighted by Crippen LogP contribution is -2.38. The molecule has 1 saturated heterocycles. The highest BCUT2D eigenvalue weighted by molar-refractivity contribution is 5.86. The normalized spacial score (nSPS) is 23.4. The Morgan fingerprint density at radius 3 is 2.33 bits per heavy atom. The van der Waals surface area contributed by atoms with Gasteiger partial charge in [-0.1, -0.05) is 5.16 Å². The van der Waals surface area contributed by atoms with E-state index in [0.29, 0.717) is 0 Å². The summed E-state index contributed by atoms with van der Waals surface area (Å²) in [6.45, 7) is 5.28. The van der Waals surface area contributed by atoms with Gasteiger partial charge < -0.3 is 24.2 Å². The largest absolute Gasteiger partial charge is 0.493 e. The van der Waals surface area contributed by atoms with Crippen molar-refractivity contribution in [1.29, 1.82) is 0 Å². The number of benzene rings is 1. The monoisotopic (exact) mass is 541 g/mol. The van der Waals surface area contributed by atoms with Crippen molar-refractivity contribution in [3.8, 4) is 5.75 Å². The molecule has 0 amide bonds. The van der Waals surface area contributed by atoms with Crippen molar-refractivity contribution in [3.63, 3.8) is 0 Å². The number of rotatable bonds is 10. The van der Waals surface area contributed by atoms with Crippen LogP contribution in [0.3, 0.4) is 0 Å². The van der Waals surface area contributed by atoms with Crippen molar-refractivity contribution < 1.29 is 14.4 Å². The molecule has 0 unspecified atom stereocenters. The van der Waals surface area contributed by atoms with Crippen LogP contribution in [-0.2, 0) is 13.0 Å². The molecule has 3 fully saturated rings. The lowest BCUT2D eigenvalue weighted by atomic mass is 9.86. The van der Waals surface area contributed by atoms with Crippen LogP contribution in [0.15, 0.2) is 16.7 Å². The Kier molecular flexibility index (Phi) is 11.2. The lowest BCUT2D eigenvalue weighted by molar-refractivity contribution is 0.0842. The molecule has 0 bridgehead atoms. The second-order valence-electron chi connectivity index (χ2n) is 11.5. The van der Waals surface area contributed by atoms with Gasteiger partial charge >= 0.3 is 0 Å². The predicted octanol–water partition coefficient (Wildman–Crippen LogP) is 5.72. The molecule has 0 atom stereocenters. The van der Waals surface area contributed by atoms with Gasteiger partial charge in [0, 0.05) is 18.5 Å². The van der Waals surface area contributed by atoms with E-state index in [1.165, 1.54) is 64.6 Å². The van der Waals surface area contributed by atoms with Crippen LogP contribution < -0.4 is 4.74 Å². The Bertz CT molecular complexity index is 934. The van der Waals surface area contributed by atoms with Gasteiger partial charge in [-0.2, -0.15) is 0 Å². The van der Waals surface area contributed by atoms with Crippen LogP contribution in [-0.4, -0.2) is 66.5 Å². The fraction of sp³-hybridized carbons (Fsp3) is 0.750. The molecule has 2 aromatic rings. The summed E-state index contributed by atoms with van der Waals surface area (Å²) >= 11 is 0. The molecule has 8 heteroatoms. The Balaban J connectivity index is 0.00000180. The Morgan fingerprint density at radius 1 is 0.972 bits per heavy atom. The maximum absolute atomic E-state index is 9.75. The molecule has 0 spiro atoms. The van der Waals surface area contributed by atoms with Crippen molar-refractivity contribution in [2.24, 2.45) is 17.8 Å². The highest BCUT2D eigenvalue weighted by atomic mass is 35.5. The summed E-state index contributed by atoms with van der Waals surface area (Å²) in [5.41, 5.74) is 3.14. The van der Waals surface area contributed by atoms with E-state index < -0.39 is 0 Å². The van der Waals surface area contributed by atoms with Crippen LogP contribution in [0.1, 0.15) is 69.0 Å². The van der Waals surface area contributed by atoms with Gasteiger partial charge in [0.1, 0.15) is 5.75 Å². The number of aromatic nitrogens is 1. The third-order valence-corrected chi connectivity index (χ3v) is 8.25. The number of likely N-dealkylation sites (tertiary alicyclic amines) is 1. The van der Waals surface area contributed by atoms with Gasteiger partial charge in [-0.3, -0.25) is 0 Å². The van der Waals surface area contributed by atoms with Gasteiger partial charge in [0.25, 0.3) is 0 Å². The predicted molar refractivity (Wildman–Crippen MR) is 150 cm³/mol. The number of aliphatic hydroxyl groups excluding tert-OH is 1. The highest BCUT2D eigenvalue weighted by Crippen LogP contribution is 2.35. The fourth-order valence-corrected chi connectivity index (χ4v) is 5.86. The van der Waals surface area contributed by atoms with Crippen molar-refractivity contribution in [1.82, 2.24) is 15.0 Å². The first-order chi connectivity index (χ1) is 16.5. The zero-order chi connectivity index (χ0) is 23.5. The summed E-state index contributed by atoms with van der Waals surface area (Å²) in [4.78, 5) is 4.84. The molecule has 6 nitrogen and oxygen atoms in total. The third-order valence-electron chi connectivity index (χ3n) is 8.25. The molecular weight excluding hydrogens is 497 g/mol. The van der Waals surface area contributed by atoms with Gasteiger partial charge in [-0.05, 0) is 121 Å². The topological polar surface area (TPSA) is 62.0 Å². The highest BCUT2D eigenvalue weighted by Gasteiger charge is 2.26. The van der Waals surface area contributed by atoms with Gasteiger partial charge in [0.05, 0.1) is 24.0 Å². The van der Waals surface area contributed by atoms with Gasteiger partial charge in [-0.15, -0.1) is 24.8 Å². The molecule has 2 heterocycles. The van der Waals surface area contributed by atoms with Crippen LogP contribution in [0.4, 0.5) is 0 Å². The number of fused-ring (bicyclic) bond motifs is 1. The van der Waals surface area contributed by atoms with Gasteiger partial charge in [0.15, 0.2) is 5.58 Å². The quantitative estimate of drug-likeness (QED) is 0.415. The first kappa shape index (κ1) is 29.5. The Hall–Kier alpha value is -1.05. The first-order valence-corrected chi connectivity index (χ1v) is 13.6. The lowest BCUT2D eigenvalue weighted by Gasteiger charge is -2.36. The summed E-state index contributed by atoms with van der Waals surface area (Å²) in [6, 6.07) is 4.29. The standard InChI is InChI=1S/C28H43N3O3.2ClH/c1-30(2)18-25-27(33-19-22-3-4-22)12-10-24-26(29-34-28(24)25)11-7-20-13-15-31(16-14-20)17-21-5-8-23(32)9-6-21;;/h10,12,20-23,32H,3-9,11,13-19H2,1-2H3;2*1H/t21-,23+;;. The summed E-state index contributed by atoms with van der Waals surface area (Å²) < 4.78 is 12.1. The number of aliphatic hydroxyl groups is 1. The average molecular weight is 543 g/mol. The maximum atomic E-state index is 9.75. The van der Waals surface area contributed by atoms with E-state index in [4.69, 9.17) is 9.26 Å². The van der Waals surface area contributed by atoms with Crippen molar-refractivity contribution in [2.45, 2.75) is 76.9 Å². The summed E-state index contributed by atoms with van der Waals surface area (Å²) in [5, 5.41) is 15.4. The Morgan fingerprint density at radius 2 is 1.67 bits per heavy atom. The molecular formula is C28H45Cl2N3O3. The molecule has 36 heavy (non-hydrogen) atoms. The average Bonchev–Trinajstić information content (AvgIpc) is 3.57. The van der Waals surface area contributed by atoms with Crippen LogP contribution >= 0.6 is 24.8 Å². The summed E-state index contributed by atoms with van der Waals surface area (Å²) in [7, 11) is 4.18. The summed E-state index contributed by atoms with van der Waals surface area (Å²) in [6.07, 6.45) is 11.7. The molecule has 3 aliphatic rings. The maximum Gasteiger partial charge on any atom is 0.175 e. The molecule has 0 radical (unpaired) electrons. The van der Waals surface area contributed by atoms with E-state index in [9.17, 15) is 5.11 Å². The SMILES string of the molecule is CN(C)Cc1c(OCC2CC2)ccc2c(CCC3CCN(C[C@H]4CC[C@@H](O)CC4)CC3)noc12.Cl.Cl. The second kappa shape index (κ2) is 13.7. The van der Waals surface area contributed by atoms with Crippen LogP contribution in [0.2, 0.25) is 0 Å². The number of halogens is 2. The number of piperidine rings is 1. The minimum atomic E-state index is -0.0459. The van der Waals surface area contributed by atoms with Crippen molar-refractivity contribution >= 4 is 35.8 Å². The van der Waals surface area contributed by atoms with E-state index in [1.807, 2.05) is 0 Å². The van der Waals surface area contributed by atoms with E-state index in [2.05, 4.69) is 41.2 Å². The molecule has 1 aromatic carbocycles. The van der Waals surface area contributed by atoms with E-state index in [1.54, 1.807) is 0 Å². The van der Waals surface area contributed by atoms with Gasteiger partial charge in [-0.25, -0.2) is 0 Å². The molecule has 5 rings (SSSR count). The van der Waals surface area contributed by atoms with Gasteiger partial charge in [0.2, 0.25) is 0 Å². The molecule has 1 aliphatic heterocycles. The molecule has 1 aromatic heterocycles. The molecule has 2 saturated carbocycles. The van der Waals surface area contributed by atoms with Crippen LogP contribution in [0.5, 0.6) is 5.75 Å². The Labute approximate surface area is 228 Å². The number of hydrogen-bond donors (Lipinski definition) is 1. The first-order valence-electron chi connectivity index (χ1n) is 13.6. The zero-order valence-corrected chi connectivity index (χ0v) is 23.6. The fourth-order valence-electron chi connectivity index (χ4n) is 5.86. The molecule has 1 N–H and O–H groups in total. The minimum absolute atomic E-state index is 0. The number of ether oxygens (including phenoxy) is 1. The second-order valence-corrected chi connectivity index (χ2v) is 11.5. The van der Waals surface area contributed by atoms with E-state index in [-0.39, 0.29) is 30.9 Å². The summed E-state index contributed by atoms with van der Waals surface area (Å²) in [5.74, 6) is 3.25. The van der Waals surface area contributed by atoms with Crippen LogP contribution in [0, 0.1) is 17.8 Å². The third kappa shape index (κ3) is 7.73. The van der Waals surface area contributed by atoms with Crippen molar-refractivity contribution in [2.75, 3.05) is 40.3 Å². The number of hydrogen-bond acceptors (Lipinski definition) is 6. The number of aryl methyl sites for hydroxylation is 1. The van der Waals surface area contributed by atoms with E-state index >= 15 is 0 Å². The molecule has 204 valence electrons. The smallest absolute Gasteiger partial charge is 0.175 e. The van der Waals surface area contributed by atoms with Crippen molar-refractivity contribution in [3.05, 3.63) is 23.4 Å². The zero-order valence-electron chi connectivity index (χ0n) is 22.0. The van der Waals surface area contributed by atoms with Crippen LogP contribution in [0.25, 0.3) is 11.0 Å². The minimum Gasteiger partial charge on any atom is -0.493 e. The molecule has 2 aliphatic carbocycles. The van der Waals surface area contributed by atoms with E-state index in [0.717, 1.165) is 78.1 Å².